The standard InChI is InChI=1S/C26H25N3O/c27-18-23-8-4-5-9-25(23)21-12-10-20(11-13-21)19-29-16-14-24(15-17-29)28-26(30)22-6-2-1-3-7-22/h1-13,24H,14-17,19H2,(H,28,30). The average Bonchev–Trinajstić information content (AvgIpc) is 2.81. The summed E-state index contributed by atoms with van der Waals surface area (Å²) in [6.45, 7) is 2.84. The first-order valence-electron chi connectivity index (χ1n) is 10.4. The van der Waals surface area contributed by atoms with Gasteiger partial charge in [-0.2, -0.15) is 5.26 Å². The van der Waals surface area contributed by atoms with Crippen LogP contribution in [0.15, 0.2) is 78.9 Å². The normalized spacial score (nSPS) is 14.8. The van der Waals surface area contributed by atoms with E-state index < -0.39 is 0 Å². The molecule has 1 amide bonds. The minimum absolute atomic E-state index is 0.0160. The second-order valence-electron chi connectivity index (χ2n) is 7.74. The minimum Gasteiger partial charge on any atom is -0.349 e. The lowest BCUT2D eigenvalue weighted by Crippen LogP contribution is -2.44. The zero-order valence-electron chi connectivity index (χ0n) is 16.9. The van der Waals surface area contributed by atoms with E-state index in [1.807, 2.05) is 54.6 Å². The zero-order chi connectivity index (χ0) is 20.8. The van der Waals surface area contributed by atoms with Crippen molar-refractivity contribution in [2.75, 3.05) is 13.1 Å². The highest BCUT2D eigenvalue weighted by molar-refractivity contribution is 5.94. The van der Waals surface area contributed by atoms with Crippen LogP contribution >= 0.6 is 0 Å². The second-order valence-corrected chi connectivity index (χ2v) is 7.74. The largest absolute Gasteiger partial charge is 0.349 e. The van der Waals surface area contributed by atoms with Crippen LogP contribution in [0.25, 0.3) is 11.1 Å². The van der Waals surface area contributed by atoms with Crippen molar-refractivity contribution in [1.29, 1.82) is 5.26 Å². The van der Waals surface area contributed by atoms with Crippen LogP contribution in [0.3, 0.4) is 0 Å². The molecule has 30 heavy (non-hydrogen) atoms. The SMILES string of the molecule is N#Cc1ccccc1-c1ccc(CN2CCC(NC(=O)c3ccccc3)CC2)cc1. The number of piperidine rings is 1. The lowest BCUT2D eigenvalue weighted by molar-refractivity contribution is 0.0909. The van der Waals surface area contributed by atoms with Crippen LogP contribution in [-0.2, 0) is 6.54 Å². The zero-order valence-corrected chi connectivity index (χ0v) is 16.9. The summed E-state index contributed by atoms with van der Waals surface area (Å²) in [6.07, 6.45) is 1.93. The van der Waals surface area contributed by atoms with E-state index in [9.17, 15) is 10.1 Å². The molecule has 1 fully saturated rings. The molecule has 3 aromatic rings. The van der Waals surface area contributed by atoms with Crippen LogP contribution in [-0.4, -0.2) is 29.9 Å². The summed E-state index contributed by atoms with van der Waals surface area (Å²) in [5.41, 5.74) is 4.72. The van der Waals surface area contributed by atoms with Crippen molar-refractivity contribution < 1.29 is 4.79 Å². The van der Waals surface area contributed by atoms with Crippen molar-refractivity contribution in [2.45, 2.75) is 25.4 Å². The summed E-state index contributed by atoms with van der Waals surface area (Å²) < 4.78 is 0. The number of nitrogens with one attached hydrogen (secondary N) is 1. The maximum Gasteiger partial charge on any atom is 0.251 e. The molecule has 0 radical (unpaired) electrons. The monoisotopic (exact) mass is 395 g/mol. The summed E-state index contributed by atoms with van der Waals surface area (Å²) in [6, 6.07) is 28.1. The van der Waals surface area contributed by atoms with Crippen molar-refractivity contribution in [3.05, 3.63) is 95.6 Å². The van der Waals surface area contributed by atoms with E-state index in [0.29, 0.717) is 5.56 Å². The van der Waals surface area contributed by atoms with Gasteiger partial charge in [0.2, 0.25) is 0 Å². The molecule has 1 aliphatic heterocycles. The third-order valence-electron chi connectivity index (χ3n) is 5.68. The van der Waals surface area contributed by atoms with Crippen LogP contribution < -0.4 is 5.32 Å². The van der Waals surface area contributed by atoms with Crippen molar-refractivity contribution >= 4 is 5.91 Å². The number of likely N-dealkylation sites (tertiary alicyclic amines) is 1. The molecule has 150 valence electrons. The highest BCUT2D eigenvalue weighted by atomic mass is 16.1. The van der Waals surface area contributed by atoms with Gasteiger partial charge in [0, 0.05) is 31.2 Å². The fraction of sp³-hybridized carbons (Fsp3) is 0.231. The van der Waals surface area contributed by atoms with Gasteiger partial charge in [-0.05, 0) is 47.7 Å². The average molecular weight is 396 g/mol. The Morgan fingerprint density at radius 3 is 2.30 bits per heavy atom. The molecule has 1 saturated heterocycles. The van der Waals surface area contributed by atoms with Crippen molar-refractivity contribution in [3.8, 4) is 17.2 Å². The first kappa shape index (κ1) is 19.9. The number of rotatable bonds is 5. The third-order valence-corrected chi connectivity index (χ3v) is 5.68. The molecule has 0 spiro atoms. The van der Waals surface area contributed by atoms with E-state index in [4.69, 9.17) is 0 Å². The molecule has 0 atom stereocenters. The minimum atomic E-state index is 0.0160. The molecule has 3 aromatic carbocycles. The van der Waals surface area contributed by atoms with Gasteiger partial charge in [-0.25, -0.2) is 0 Å². The van der Waals surface area contributed by atoms with E-state index in [2.05, 4.69) is 40.6 Å². The summed E-state index contributed by atoms with van der Waals surface area (Å²) in [7, 11) is 0. The predicted molar refractivity (Wildman–Crippen MR) is 119 cm³/mol. The van der Waals surface area contributed by atoms with Gasteiger partial charge in [0.1, 0.15) is 0 Å². The van der Waals surface area contributed by atoms with Gasteiger partial charge in [-0.15, -0.1) is 0 Å². The number of nitriles is 1. The molecular formula is C26H25N3O. The molecule has 0 aromatic heterocycles. The fourth-order valence-electron chi connectivity index (χ4n) is 3.97. The molecule has 1 heterocycles. The van der Waals surface area contributed by atoms with Crippen molar-refractivity contribution in [2.24, 2.45) is 0 Å². The Morgan fingerprint density at radius 1 is 0.933 bits per heavy atom. The molecule has 1 N–H and O–H groups in total. The molecule has 4 rings (SSSR count). The van der Waals surface area contributed by atoms with Gasteiger partial charge < -0.3 is 5.32 Å². The Hall–Kier alpha value is -3.42. The van der Waals surface area contributed by atoms with Crippen LogP contribution in [0, 0.1) is 11.3 Å². The third kappa shape index (κ3) is 4.76. The van der Waals surface area contributed by atoms with Crippen LogP contribution in [0.4, 0.5) is 0 Å². The quantitative estimate of drug-likeness (QED) is 0.686. The van der Waals surface area contributed by atoms with E-state index in [1.54, 1.807) is 0 Å². The molecule has 4 heteroatoms. The molecule has 0 bridgehead atoms. The maximum atomic E-state index is 12.3. The number of amides is 1. The molecule has 0 aliphatic carbocycles. The summed E-state index contributed by atoms with van der Waals surface area (Å²) in [5, 5.41) is 12.5. The summed E-state index contributed by atoms with van der Waals surface area (Å²) in [5.74, 6) is 0.0160. The number of benzene rings is 3. The van der Waals surface area contributed by atoms with Crippen LogP contribution in [0.5, 0.6) is 0 Å². The topological polar surface area (TPSA) is 56.1 Å². The van der Waals surface area contributed by atoms with Gasteiger partial charge in [-0.3, -0.25) is 9.69 Å². The summed E-state index contributed by atoms with van der Waals surface area (Å²) in [4.78, 5) is 14.8. The Morgan fingerprint density at radius 2 is 1.60 bits per heavy atom. The lowest BCUT2D eigenvalue weighted by atomic mass is 9.99. The molecule has 0 saturated carbocycles. The van der Waals surface area contributed by atoms with E-state index in [0.717, 1.165) is 49.2 Å². The lowest BCUT2D eigenvalue weighted by Gasteiger charge is -2.32. The fourth-order valence-corrected chi connectivity index (χ4v) is 3.97. The Kier molecular flexibility index (Phi) is 6.22. The predicted octanol–water partition coefficient (Wildman–Crippen LogP) is 4.62. The smallest absolute Gasteiger partial charge is 0.251 e. The molecule has 1 aliphatic rings. The highest BCUT2D eigenvalue weighted by Crippen LogP contribution is 2.24. The van der Waals surface area contributed by atoms with Crippen LogP contribution in [0.1, 0.15) is 34.3 Å². The number of carbonyl (C=O) groups excluding carboxylic acids is 1. The molecule has 0 unspecified atom stereocenters. The highest BCUT2D eigenvalue weighted by Gasteiger charge is 2.21. The van der Waals surface area contributed by atoms with Crippen molar-refractivity contribution in [3.63, 3.8) is 0 Å². The van der Waals surface area contributed by atoms with E-state index in [-0.39, 0.29) is 11.9 Å². The van der Waals surface area contributed by atoms with Gasteiger partial charge >= 0.3 is 0 Å². The first-order chi connectivity index (χ1) is 14.7. The molecular weight excluding hydrogens is 370 g/mol. The number of hydrogen-bond donors (Lipinski definition) is 1. The Bertz CT molecular complexity index is 1030. The van der Waals surface area contributed by atoms with Crippen LogP contribution in [0.2, 0.25) is 0 Å². The second kappa shape index (κ2) is 9.39. The van der Waals surface area contributed by atoms with Gasteiger partial charge in [0.15, 0.2) is 0 Å². The summed E-state index contributed by atoms with van der Waals surface area (Å²) >= 11 is 0. The maximum absolute atomic E-state index is 12.3. The number of carbonyl (C=O) groups is 1. The number of hydrogen-bond acceptors (Lipinski definition) is 3. The Labute approximate surface area is 177 Å². The van der Waals surface area contributed by atoms with E-state index in [1.165, 1.54) is 5.56 Å². The number of nitrogens with zero attached hydrogens (tertiary/aromatic N) is 2. The van der Waals surface area contributed by atoms with Gasteiger partial charge in [0.25, 0.3) is 5.91 Å². The van der Waals surface area contributed by atoms with E-state index >= 15 is 0 Å². The van der Waals surface area contributed by atoms with Gasteiger partial charge in [0.05, 0.1) is 11.6 Å². The Balaban J connectivity index is 1.30. The molecule has 4 nitrogen and oxygen atoms in total. The first-order valence-corrected chi connectivity index (χ1v) is 10.4. The van der Waals surface area contributed by atoms with Gasteiger partial charge in [-0.1, -0.05) is 60.7 Å². The van der Waals surface area contributed by atoms with Crippen molar-refractivity contribution in [1.82, 2.24) is 10.2 Å².